The summed E-state index contributed by atoms with van der Waals surface area (Å²) in [6.45, 7) is 2.27. The van der Waals surface area contributed by atoms with Crippen LogP contribution in [-0.2, 0) is 6.54 Å². The van der Waals surface area contributed by atoms with Gasteiger partial charge in [0.05, 0.1) is 11.2 Å². The highest BCUT2D eigenvalue weighted by Crippen LogP contribution is 2.35. The lowest BCUT2D eigenvalue weighted by atomic mass is 10.1. The number of amides is 1. The third-order valence-electron chi connectivity index (χ3n) is 5.76. The summed E-state index contributed by atoms with van der Waals surface area (Å²) in [5.74, 6) is 1.30. The van der Waals surface area contributed by atoms with Crippen molar-refractivity contribution < 1.29 is 9.53 Å². The zero-order valence-corrected chi connectivity index (χ0v) is 21.0. The molecular weight excluding hydrogens is 496 g/mol. The van der Waals surface area contributed by atoms with Gasteiger partial charge >= 0.3 is 0 Å². The van der Waals surface area contributed by atoms with Crippen molar-refractivity contribution in [2.24, 2.45) is 0 Å². The maximum Gasteiger partial charge on any atom is 0.251 e. The molecule has 1 fully saturated rings. The van der Waals surface area contributed by atoms with E-state index in [1.807, 2.05) is 24.3 Å². The second kappa shape index (κ2) is 11.5. The number of nitrogens with one attached hydrogen (secondary N) is 3. The number of aromatic nitrogens is 3. The van der Waals surface area contributed by atoms with E-state index in [1.165, 1.54) is 11.3 Å². The lowest BCUT2D eigenvalue weighted by Crippen LogP contribution is -2.38. The second-order valence-corrected chi connectivity index (χ2v) is 9.61. The first-order chi connectivity index (χ1) is 17.7. The minimum atomic E-state index is -0.220. The van der Waals surface area contributed by atoms with Gasteiger partial charge in [0.15, 0.2) is 0 Å². The number of hydrogen-bond donors (Lipinski definition) is 3. The second-order valence-electron chi connectivity index (χ2n) is 8.34. The van der Waals surface area contributed by atoms with Crippen LogP contribution in [0.15, 0.2) is 66.3 Å². The Morgan fingerprint density at radius 3 is 2.94 bits per heavy atom. The number of hydrogen-bond acceptors (Lipinski definition) is 8. The minimum absolute atomic E-state index is 0.220. The zero-order chi connectivity index (χ0) is 24.7. The number of nitrogens with zero attached hydrogens (tertiary/aromatic N) is 3. The molecule has 5 rings (SSSR count). The van der Waals surface area contributed by atoms with E-state index >= 15 is 0 Å². The van der Waals surface area contributed by atoms with Gasteiger partial charge in [-0.3, -0.25) is 4.79 Å². The van der Waals surface area contributed by atoms with E-state index in [2.05, 4.69) is 30.9 Å². The molecular formula is C26H25ClN6O2S. The molecule has 3 N–H and O–H groups in total. The Hall–Kier alpha value is -3.53. The molecule has 10 heteroatoms. The number of carbonyl (C=O) groups is 1. The smallest absolute Gasteiger partial charge is 0.251 e. The van der Waals surface area contributed by atoms with Gasteiger partial charge in [-0.15, -0.1) is 11.3 Å². The molecule has 2 aromatic heterocycles. The van der Waals surface area contributed by atoms with Crippen molar-refractivity contribution in [2.45, 2.75) is 25.4 Å². The van der Waals surface area contributed by atoms with Gasteiger partial charge in [0.1, 0.15) is 10.6 Å². The predicted molar refractivity (Wildman–Crippen MR) is 142 cm³/mol. The van der Waals surface area contributed by atoms with E-state index in [0.717, 1.165) is 42.1 Å². The molecule has 1 atom stereocenters. The van der Waals surface area contributed by atoms with Crippen LogP contribution in [0.3, 0.4) is 0 Å². The quantitative estimate of drug-likeness (QED) is 0.296. The highest BCUT2D eigenvalue weighted by Gasteiger charge is 2.17. The van der Waals surface area contributed by atoms with E-state index in [-0.39, 0.29) is 5.91 Å². The average molecular weight is 521 g/mol. The number of rotatable bonds is 8. The van der Waals surface area contributed by atoms with E-state index in [0.29, 0.717) is 40.8 Å². The fourth-order valence-electron chi connectivity index (χ4n) is 3.92. The Morgan fingerprint density at radius 1 is 1.17 bits per heavy atom. The summed E-state index contributed by atoms with van der Waals surface area (Å²) < 4.78 is 6.07. The standard InChI is InChI=1S/C26H25ClN6O2S/c27-21-9-2-1-5-18(21)14-30-24(34)17-6-3-8-20(13-17)35-25-23(36-16-31-25)22-10-12-29-26(33-22)32-19-7-4-11-28-15-19/h1-3,5-6,8-10,12-13,16,19,28H,4,7,11,14-15H2,(H,30,34)(H,29,32,33). The first kappa shape index (κ1) is 24.2. The first-order valence-electron chi connectivity index (χ1n) is 11.7. The summed E-state index contributed by atoms with van der Waals surface area (Å²) in [6.07, 6.45) is 3.94. The van der Waals surface area contributed by atoms with Crippen molar-refractivity contribution in [3.63, 3.8) is 0 Å². The van der Waals surface area contributed by atoms with Crippen LogP contribution in [0.4, 0.5) is 5.95 Å². The summed E-state index contributed by atoms with van der Waals surface area (Å²) in [4.78, 5) is 26.9. The molecule has 1 saturated heterocycles. The fourth-order valence-corrected chi connectivity index (χ4v) is 4.81. The van der Waals surface area contributed by atoms with Crippen molar-refractivity contribution in [2.75, 3.05) is 18.4 Å². The highest BCUT2D eigenvalue weighted by atomic mass is 35.5. The van der Waals surface area contributed by atoms with Gasteiger partial charge in [-0.1, -0.05) is 35.9 Å². The van der Waals surface area contributed by atoms with Crippen molar-refractivity contribution in [3.8, 4) is 22.2 Å². The van der Waals surface area contributed by atoms with Crippen molar-refractivity contribution in [1.29, 1.82) is 0 Å². The molecule has 1 aliphatic rings. The van der Waals surface area contributed by atoms with Crippen molar-refractivity contribution in [1.82, 2.24) is 25.6 Å². The molecule has 1 amide bonds. The lowest BCUT2D eigenvalue weighted by molar-refractivity contribution is 0.0950. The molecule has 0 spiro atoms. The maximum atomic E-state index is 12.7. The van der Waals surface area contributed by atoms with E-state index in [9.17, 15) is 4.79 Å². The summed E-state index contributed by atoms with van der Waals surface area (Å²) >= 11 is 7.63. The molecule has 0 aliphatic carbocycles. The molecule has 0 radical (unpaired) electrons. The highest BCUT2D eigenvalue weighted by molar-refractivity contribution is 7.13. The van der Waals surface area contributed by atoms with Crippen LogP contribution in [0, 0.1) is 0 Å². The van der Waals surface area contributed by atoms with E-state index in [1.54, 1.807) is 42.0 Å². The number of piperidine rings is 1. The molecule has 4 aromatic rings. The van der Waals surface area contributed by atoms with Gasteiger partial charge in [0.2, 0.25) is 11.8 Å². The minimum Gasteiger partial charge on any atom is -0.437 e. The Morgan fingerprint density at radius 2 is 2.08 bits per heavy atom. The van der Waals surface area contributed by atoms with E-state index in [4.69, 9.17) is 16.3 Å². The number of halogens is 1. The third-order valence-corrected chi connectivity index (χ3v) is 6.96. The summed E-state index contributed by atoms with van der Waals surface area (Å²) in [5.41, 5.74) is 3.77. The monoisotopic (exact) mass is 520 g/mol. The lowest BCUT2D eigenvalue weighted by Gasteiger charge is -2.23. The molecule has 1 aliphatic heterocycles. The van der Waals surface area contributed by atoms with Gasteiger partial charge in [-0.25, -0.2) is 15.0 Å². The van der Waals surface area contributed by atoms with E-state index < -0.39 is 0 Å². The Kier molecular flexibility index (Phi) is 7.70. The molecule has 1 unspecified atom stereocenters. The van der Waals surface area contributed by atoms with Crippen LogP contribution in [0.5, 0.6) is 11.6 Å². The zero-order valence-electron chi connectivity index (χ0n) is 19.4. The van der Waals surface area contributed by atoms with Gasteiger partial charge < -0.3 is 20.7 Å². The van der Waals surface area contributed by atoms with Crippen LogP contribution >= 0.6 is 22.9 Å². The van der Waals surface area contributed by atoms with Crippen molar-refractivity contribution in [3.05, 3.63) is 82.5 Å². The van der Waals surface area contributed by atoms with Crippen LogP contribution in [-0.4, -0.2) is 40.0 Å². The number of thiazole rings is 1. The van der Waals surface area contributed by atoms with Gasteiger partial charge in [0.25, 0.3) is 5.91 Å². The molecule has 3 heterocycles. The molecule has 36 heavy (non-hydrogen) atoms. The topological polar surface area (TPSA) is 101 Å². The molecule has 8 nitrogen and oxygen atoms in total. The van der Waals surface area contributed by atoms with Crippen LogP contribution < -0.4 is 20.7 Å². The number of benzene rings is 2. The molecule has 184 valence electrons. The largest absolute Gasteiger partial charge is 0.437 e. The summed E-state index contributed by atoms with van der Waals surface area (Å²) in [6, 6.07) is 16.5. The predicted octanol–water partition coefficient (Wildman–Crippen LogP) is 5.14. The first-order valence-corrected chi connectivity index (χ1v) is 12.9. The third kappa shape index (κ3) is 5.99. The molecule has 2 aromatic carbocycles. The summed E-state index contributed by atoms with van der Waals surface area (Å²) in [7, 11) is 0. The van der Waals surface area contributed by atoms with Gasteiger partial charge in [-0.05, 0) is 55.3 Å². The van der Waals surface area contributed by atoms with Crippen molar-refractivity contribution >= 4 is 34.8 Å². The Bertz CT molecular complexity index is 1340. The Balaban J connectivity index is 1.27. The fraction of sp³-hybridized carbons (Fsp3) is 0.231. The summed E-state index contributed by atoms with van der Waals surface area (Å²) in [5, 5.41) is 10.3. The average Bonchev–Trinajstić information content (AvgIpc) is 3.37. The normalized spacial score (nSPS) is 15.3. The van der Waals surface area contributed by atoms with Crippen LogP contribution in [0.25, 0.3) is 10.6 Å². The van der Waals surface area contributed by atoms with Crippen LogP contribution in [0.2, 0.25) is 5.02 Å². The van der Waals surface area contributed by atoms with Gasteiger partial charge in [-0.2, -0.15) is 0 Å². The molecule has 0 saturated carbocycles. The molecule has 0 bridgehead atoms. The maximum absolute atomic E-state index is 12.7. The van der Waals surface area contributed by atoms with Gasteiger partial charge in [0, 0.05) is 35.9 Å². The SMILES string of the molecule is O=C(NCc1ccccc1Cl)c1cccc(Oc2ncsc2-c2ccnc(NC3CCCNC3)n2)c1. The van der Waals surface area contributed by atoms with Crippen LogP contribution in [0.1, 0.15) is 28.8 Å². The number of carbonyl (C=O) groups excluding carboxylic acids is 1. The Labute approximate surface area is 218 Å². The number of ether oxygens (including phenoxy) is 1. The number of anilines is 1.